The summed E-state index contributed by atoms with van der Waals surface area (Å²) in [5, 5.41) is 11.9. The summed E-state index contributed by atoms with van der Waals surface area (Å²) in [5.74, 6) is -1.70. The van der Waals surface area contributed by atoms with Crippen LogP contribution in [0.3, 0.4) is 0 Å². The molecule has 0 fully saturated rings. The first kappa shape index (κ1) is 18.8. The summed E-state index contributed by atoms with van der Waals surface area (Å²) in [6.45, 7) is 1.42. The van der Waals surface area contributed by atoms with Gasteiger partial charge in [-0.1, -0.05) is 17.7 Å². The molecule has 1 N–H and O–H groups in total. The van der Waals surface area contributed by atoms with Gasteiger partial charge < -0.3 is 10.1 Å². The molecule has 2 aromatic carbocycles. The van der Waals surface area contributed by atoms with Gasteiger partial charge in [0.2, 0.25) is 0 Å². The number of anilines is 1. The van der Waals surface area contributed by atoms with Crippen molar-refractivity contribution in [1.82, 2.24) is 0 Å². The molecule has 0 aliphatic rings. The van der Waals surface area contributed by atoms with Gasteiger partial charge in [-0.2, -0.15) is 5.26 Å². The fourth-order valence-corrected chi connectivity index (χ4v) is 3.51. The first-order chi connectivity index (χ1) is 12.9. The van der Waals surface area contributed by atoms with E-state index in [1.165, 1.54) is 37.3 Å². The second-order valence-corrected chi connectivity index (χ2v) is 7.10. The highest BCUT2D eigenvalue weighted by molar-refractivity contribution is 7.20. The number of nitrogens with one attached hydrogen (secondary N) is 1. The third-order valence-electron chi connectivity index (χ3n) is 3.72. The SMILES string of the molecule is C[C@H](OC(=O)c1cc2c(F)cccc2s1)C(=O)Nc1ccc(C#N)c(Cl)c1. The number of rotatable bonds is 4. The number of amides is 1. The molecule has 5 nitrogen and oxygen atoms in total. The van der Waals surface area contributed by atoms with Crippen LogP contribution in [-0.4, -0.2) is 18.0 Å². The monoisotopic (exact) mass is 402 g/mol. The minimum atomic E-state index is -1.08. The van der Waals surface area contributed by atoms with E-state index in [1.807, 2.05) is 6.07 Å². The van der Waals surface area contributed by atoms with Gasteiger partial charge in [-0.3, -0.25) is 4.79 Å². The zero-order chi connectivity index (χ0) is 19.6. The molecule has 0 radical (unpaired) electrons. The van der Waals surface area contributed by atoms with Crippen molar-refractivity contribution in [2.45, 2.75) is 13.0 Å². The fraction of sp³-hybridized carbons (Fsp3) is 0.105. The number of halogens is 2. The Morgan fingerprint density at radius 3 is 2.74 bits per heavy atom. The molecule has 1 aromatic heterocycles. The first-order valence-electron chi connectivity index (χ1n) is 7.78. The van der Waals surface area contributed by atoms with Gasteiger partial charge in [-0.15, -0.1) is 11.3 Å². The number of thiophene rings is 1. The predicted octanol–water partition coefficient (Wildman–Crippen LogP) is 4.75. The normalized spacial score (nSPS) is 11.6. The van der Waals surface area contributed by atoms with E-state index in [9.17, 15) is 14.0 Å². The molecule has 8 heteroatoms. The van der Waals surface area contributed by atoms with E-state index in [0.717, 1.165) is 11.3 Å². The number of fused-ring (bicyclic) bond motifs is 1. The van der Waals surface area contributed by atoms with E-state index >= 15 is 0 Å². The van der Waals surface area contributed by atoms with Crippen molar-refractivity contribution in [3.05, 3.63) is 63.7 Å². The Labute approximate surface area is 162 Å². The van der Waals surface area contributed by atoms with Crippen LogP contribution in [-0.2, 0) is 9.53 Å². The Morgan fingerprint density at radius 1 is 1.30 bits per heavy atom. The van der Waals surface area contributed by atoms with Crippen molar-refractivity contribution >= 4 is 50.6 Å². The lowest BCUT2D eigenvalue weighted by Gasteiger charge is -2.13. The molecule has 1 atom stereocenters. The summed E-state index contributed by atoms with van der Waals surface area (Å²) in [6, 6.07) is 12.3. The molecule has 3 aromatic rings. The average Bonchev–Trinajstić information content (AvgIpc) is 3.07. The summed E-state index contributed by atoms with van der Waals surface area (Å²) >= 11 is 7.01. The number of hydrogen-bond donors (Lipinski definition) is 1. The van der Waals surface area contributed by atoms with Crippen LogP contribution in [0.1, 0.15) is 22.2 Å². The minimum absolute atomic E-state index is 0.201. The maximum Gasteiger partial charge on any atom is 0.349 e. The van der Waals surface area contributed by atoms with E-state index in [1.54, 1.807) is 12.1 Å². The molecule has 0 saturated heterocycles. The summed E-state index contributed by atoms with van der Waals surface area (Å²) < 4.78 is 19.5. The summed E-state index contributed by atoms with van der Waals surface area (Å²) in [7, 11) is 0. The number of esters is 1. The lowest BCUT2D eigenvalue weighted by atomic mass is 10.2. The number of benzene rings is 2. The van der Waals surface area contributed by atoms with Crippen molar-refractivity contribution < 1.29 is 18.7 Å². The van der Waals surface area contributed by atoms with Gasteiger partial charge >= 0.3 is 5.97 Å². The molecule has 0 aliphatic carbocycles. The Bertz CT molecular complexity index is 1090. The van der Waals surface area contributed by atoms with Gasteiger partial charge in [0, 0.05) is 15.8 Å². The second-order valence-electron chi connectivity index (χ2n) is 5.61. The molecule has 3 rings (SSSR count). The number of nitriles is 1. The maximum atomic E-state index is 13.7. The topological polar surface area (TPSA) is 79.2 Å². The highest BCUT2D eigenvalue weighted by Gasteiger charge is 2.21. The van der Waals surface area contributed by atoms with Gasteiger partial charge in [-0.05, 0) is 43.3 Å². The van der Waals surface area contributed by atoms with E-state index in [0.29, 0.717) is 15.8 Å². The zero-order valence-electron chi connectivity index (χ0n) is 14.0. The molecule has 136 valence electrons. The predicted molar refractivity (Wildman–Crippen MR) is 101 cm³/mol. The summed E-state index contributed by atoms with van der Waals surface area (Å²) in [6.07, 6.45) is -1.08. The van der Waals surface area contributed by atoms with E-state index in [-0.39, 0.29) is 15.5 Å². The number of hydrogen-bond acceptors (Lipinski definition) is 5. The Kier molecular flexibility index (Phi) is 5.40. The lowest BCUT2D eigenvalue weighted by Crippen LogP contribution is -2.29. The quantitative estimate of drug-likeness (QED) is 0.638. The van der Waals surface area contributed by atoms with Crippen molar-refractivity contribution in [3.8, 4) is 6.07 Å². The molecule has 0 saturated carbocycles. The van der Waals surface area contributed by atoms with Gasteiger partial charge in [0.15, 0.2) is 6.10 Å². The number of carbonyl (C=O) groups is 2. The fourth-order valence-electron chi connectivity index (χ4n) is 2.33. The van der Waals surface area contributed by atoms with Crippen LogP contribution in [0.2, 0.25) is 5.02 Å². The van der Waals surface area contributed by atoms with Crippen LogP contribution in [0, 0.1) is 17.1 Å². The Morgan fingerprint density at radius 2 is 2.07 bits per heavy atom. The molecule has 27 heavy (non-hydrogen) atoms. The molecular weight excluding hydrogens is 391 g/mol. The van der Waals surface area contributed by atoms with Crippen LogP contribution in [0.4, 0.5) is 10.1 Å². The van der Waals surface area contributed by atoms with Crippen LogP contribution >= 0.6 is 22.9 Å². The smallest absolute Gasteiger partial charge is 0.349 e. The maximum absolute atomic E-state index is 13.7. The summed E-state index contributed by atoms with van der Waals surface area (Å²) in [4.78, 5) is 24.7. The molecule has 0 aliphatic heterocycles. The third-order valence-corrected chi connectivity index (χ3v) is 5.11. The Balaban J connectivity index is 1.68. The van der Waals surface area contributed by atoms with E-state index in [4.69, 9.17) is 21.6 Å². The van der Waals surface area contributed by atoms with Crippen molar-refractivity contribution in [2.24, 2.45) is 0 Å². The third kappa shape index (κ3) is 4.08. The molecule has 0 unspecified atom stereocenters. The first-order valence-corrected chi connectivity index (χ1v) is 8.98. The van der Waals surface area contributed by atoms with Crippen LogP contribution < -0.4 is 5.32 Å². The van der Waals surface area contributed by atoms with Crippen LogP contribution in [0.25, 0.3) is 10.1 Å². The molecule has 1 amide bonds. The summed E-state index contributed by atoms with van der Waals surface area (Å²) in [5.41, 5.74) is 0.655. The number of carbonyl (C=O) groups excluding carboxylic acids is 2. The highest BCUT2D eigenvalue weighted by atomic mass is 35.5. The van der Waals surface area contributed by atoms with Gasteiger partial charge in [-0.25, -0.2) is 9.18 Å². The lowest BCUT2D eigenvalue weighted by molar-refractivity contribution is -0.123. The second kappa shape index (κ2) is 7.74. The van der Waals surface area contributed by atoms with Crippen LogP contribution in [0.5, 0.6) is 0 Å². The largest absolute Gasteiger partial charge is 0.448 e. The van der Waals surface area contributed by atoms with Gasteiger partial charge in [0.25, 0.3) is 5.91 Å². The average molecular weight is 403 g/mol. The molecular formula is C19H12ClFN2O3S. The van der Waals surface area contributed by atoms with E-state index in [2.05, 4.69) is 5.32 Å². The van der Waals surface area contributed by atoms with Gasteiger partial charge in [0.1, 0.15) is 16.8 Å². The van der Waals surface area contributed by atoms with E-state index < -0.39 is 23.8 Å². The van der Waals surface area contributed by atoms with Gasteiger partial charge in [0.05, 0.1) is 10.6 Å². The molecule has 0 bridgehead atoms. The van der Waals surface area contributed by atoms with Crippen LogP contribution in [0.15, 0.2) is 42.5 Å². The number of nitrogens with zero attached hydrogens (tertiary/aromatic N) is 1. The minimum Gasteiger partial charge on any atom is -0.448 e. The van der Waals surface area contributed by atoms with Crippen molar-refractivity contribution in [2.75, 3.05) is 5.32 Å². The highest BCUT2D eigenvalue weighted by Crippen LogP contribution is 2.28. The molecule has 1 heterocycles. The number of ether oxygens (including phenoxy) is 1. The zero-order valence-corrected chi connectivity index (χ0v) is 15.5. The Hall–Kier alpha value is -2.95. The molecule has 0 spiro atoms. The van der Waals surface area contributed by atoms with Crippen molar-refractivity contribution in [1.29, 1.82) is 5.26 Å². The standard InChI is InChI=1S/C19H12ClFN2O3S/c1-10(18(24)23-12-6-5-11(9-22)14(20)7-12)26-19(25)17-8-13-15(21)3-2-4-16(13)27-17/h2-8,10H,1H3,(H,23,24)/t10-/m0/s1. The van der Waals surface area contributed by atoms with Crippen molar-refractivity contribution in [3.63, 3.8) is 0 Å².